The van der Waals surface area contributed by atoms with E-state index in [-0.39, 0.29) is 22.7 Å². The molecule has 2 aromatic heterocycles. The maximum absolute atomic E-state index is 6.50. The lowest BCUT2D eigenvalue weighted by Gasteiger charge is -2.40. The highest BCUT2D eigenvalue weighted by Gasteiger charge is 2.49. The smallest absolute Gasteiger partial charge is 0.143 e. The summed E-state index contributed by atoms with van der Waals surface area (Å²) >= 11 is 0. The number of allylic oxidation sites excluding steroid dienone is 4. The largest absolute Gasteiger partial charge is 0.456 e. The molecule has 0 saturated carbocycles. The van der Waals surface area contributed by atoms with Gasteiger partial charge in [0.2, 0.25) is 0 Å². The lowest BCUT2D eigenvalue weighted by molar-refractivity contribution is 0.339. The van der Waals surface area contributed by atoms with Crippen LogP contribution in [-0.2, 0) is 10.8 Å². The Bertz CT molecular complexity index is 4020. The van der Waals surface area contributed by atoms with E-state index in [1.54, 1.807) is 0 Å². The number of fused-ring (bicyclic) bond motifs is 12. The highest BCUT2D eigenvalue weighted by atomic mass is 16.3. The van der Waals surface area contributed by atoms with Gasteiger partial charge in [0.15, 0.2) is 0 Å². The van der Waals surface area contributed by atoms with Crippen LogP contribution >= 0.6 is 0 Å². The average molecular weight is 915 g/mol. The second kappa shape index (κ2) is 15.5. The van der Waals surface area contributed by atoms with Gasteiger partial charge in [-0.2, -0.15) is 0 Å². The molecule has 0 fully saturated rings. The Morgan fingerprint density at radius 1 is 0.451 bits per heavy atom. The molecule has 0 N–H and O–H groups in total. The van der Waals surface area contributed by atoms with Gasteiger partial charge >= 0.3 is 0 Å². The van der Waals surface area contributed by atoms with E-state index in [0.29, 0.717) is 11.8 Å². The van der Waals surface area contributed by atoms with E-state index in [9.17, 15) is 0 Å². The maximum Gasteiger partial charge on any atom is 0.143 e. The molecular weight excluding hydrogens is 861 g/mol. The van der Waals surface area contributed by atoms with Crippen molar-refractivity contribution in [1.82, 2.24) is 0 Å². The van der Waals surface area contributed by atoms with Gasteiger partial charge in [0.25, 0.3) is 0 Å². The van der Waals surface area contributed by atoms with Crippen molar-refractivity contribution in [3.05, 3.63) is 251 Å². The van der Waals surface area contributed by atoms with Crippen LogP contribution in [0, 0.1) is 11.8 Å². The Morgan fingerprint density at radius 2 is 1.08 bits per heavy atom. The molecule has 2 nitrogen and oxygen atoms in total. The summed E-state index contributed by atoms with van der Waals surface area (Å²) in [6, 6.07) is 72.0. The summed E-state index contributed by atoms with van der Waals surface area (Å²) in [5.74, 6) is 1.11. The molecule has 2 heteroatoms. The molecule has 3 aliphatic carbocycles. The third kappa shape index (κ3) is 6.26. The molecule has 14 rings (SSSR count). The van der Waals surface area contributed by atoms with Crippen molar-refractivity contribution in [3.8, 4) is 44.5 Å². The first-order valence-electron chi connectivity index (χ1n) is 25.4. The van der Waals surface area contributed by atoms with Gasteiger partial charge in [0, 0.05) is 44.4 Å². The fourth-order valence-electron chi connectivity index (χ4n) is 13.6. The van der Waals surface area contributed by atoms with E-state index in [2.05, 4.69) is 235 Å². The first-order valence-corrected chi connectivity index (χ1v) is 25.4. The van der Waals surface area contributed by atoms with Crippen LogP contribution in [0.3, 0.4) is 0 Å². The van der Waals surface area contributed by atoms with Crippen molar-refractivity contribution in [3.63, 3.8) is 0 Å². The van der Waals surface area contributed by atoms with Crippen LogP contribution in [0.5, 0.6) is 0 Å². The zero-order valence-corrected chi connectivity index (χ0v) is 40.8. The van der Waals surface area contributed by atoms with Crippen LogP contribution in [0.15, 0.2) is 227 Å². The van der Waals surface area contributed by atoms with Crippen molar-refractivity contribution in [2.24, 2.45) is 11.8 Å². The monoisotopic (exact) mass is 914 g/mol. The molecule has 0 radical (unpaired) electrons. The Labute approximate surface area is 415 Å². The fraction of sp³-hybridized carbons (Fsp3) is 0.159. The second-order valence-electron chi connectivity index (χ2n) is 21.6. The first-order chi connectivity index (χ1) is 34.6. The maximum atomic E-state index is 6.50. The quantitative estimate of drug-likeness (QED) is 0.159. The molecule has 0 spiro atoms. The molecule has 3 aliphatic rings. The molecule has 0 aliphatic heterocycles. The lowest BCUT2D eigenvalue weighted by Crippen LogP contribution is -2.32. The summed E-state index contributed by atoms with van der Waals surface area (Å²) in [7, 11) is 0. The van der Waals surface area contributed by atoms with Gasteiger partial charge in [-0.3, -0.25) is 0 Å². The van der Waals surface area contributed by atoms with Crippen LogP contribution < -0.4 is 0 Å². The topological polar surface area (TPSA) is 26.3 Å². The van der Waals surface area contributed by atoms with Crippen molar-refractivity contribution < 1.29 is 8.83 Å². The zero-order valence-electron chi connectivity index (χ0n) is 40.8. The van der Waals surface area contributed by atoms with E-state index in [4.69, 9.17) is 8.83 Å². The number of furan rings is 2. The second-order valence-corrected chi connectivity index (χ2v) is 21.6. The molecule has 9 aromatic carbocycles. The highest BCUT2D eigenvalue weighted by Crippen LogP contribution is 2.58. The normalized spacial score (nSPS) is 18.1. The lowest BCUT2D eigenvalue weighted by atomic mass is 9.64. The van der Waals surface area contributed by atoms with Crippen LogP contribution in [0.1, 0.15) is 79.8 Å². The molecule has 0 saturated heterocycles. The minimum absolute atomic E-state index is 0.00132. The summed E-state index contributed by atoms with van der Waals surface area (Å²) in [6.07, 6.45) is 7.23. The third-order valence-electron chi connectivity index (χ3n) is 17.1. The van der Waals surface area contributed by atoms with Gasteiger partial charge < -0.3 is 8.83 Å². The van der Waals surface area contributed by atoms with Crippen molar-refractivity contribution in [1.29, 1.82) is 0 Å². The molecule has 71 heavy (non-hydrogen) atoms. The SMILES string of the molecule is CC(C1=CC=CC2c3ccccc3C(C)(C)C12)C(c1ccc(-c2ccc3c(c2)-c2ccc(-c4cccc5c4oc4ccccc45)cc2C3(C)C)cc1)c1ccc(-c2cccc3oc4ccccc4c23)cc1. The van der Waals surface area contributed by atoms with Gasteiger partial charge in [-0.25, -0.2) is 0 Å². The Balaban J connectivity index is 0.832. The number of hydrogen-bond donors (Lipinski definition) is 0. The average Bonchev–Trinajstić information content (AvgIpc) is 4.12. The molecule has 2 heterocycles. The van der Waals surface area contributed by atoms with Gasteiger partial charge in [0.1, 0.15) is 22.3 Å². The third-order valence-corrected chi connectivity index (χ3v) is 17.1. The summed E-state index contributed by atoms with van der Waals surface area (Å²) < 4.78 is 12.8. The standard InChI is InChI=1S/C69H54O2/c1-41(48-18-12-21-54-51-15-6-9-23-58(51)69(4,5)66(48)54)64(45-33-29-43(30-34-45)49-19-14-26-63-65(49)56-17-8-11-25-62(56)70-63)44-31-27-42(28-32-44)46-36-38-59-57(39-46)52-37-35-47(40-60(52)68(59,2)3)50-20-13-22-55-53-16-7-10-24-61(53)71-67(50)55/h6-41,54,64,66H,1-5H3. The van der Waals surface area contributed by atoms with Crippen LogP contribution in [0.25, 0.3) is 88.4 Å². The molecule has 11 aromatic rings. The zero-order chi connectivity index (χ0) is 47.8. The predicted octanol–water partition coefficient (Wildman–Crippen LogP) is 18.7. The Hall–Kier alpha value is -7.94. The van der Waals surface area contributed by atoms with Gasteiger partial charge in [-0.05, 0) is 120 Å². The van der Waals surface area contributed by atoms with E-state index < -0.39 is 0 Å². The van der Waals surface area contributed by atoms with Crippen molar-refractivity contribution >= 4 is 43.9 Å². The van der Waals surface area contributed by atoms with Crippen molar-refractivity contribution in [2.45, 2.75) is 57.3 Å². The fourth-order valence-corrected chi connectivity index (χ4v) is 13.6. The Kier molecular flexibility index (Phi) is 9.18. The first kappa shape index (κ1) is 42.0. The molecule has 0 bridgehead atoms. The van der Waals surface area contributed by atoms with E-state index in [1.165, 1.54) is 83.3 Å². The summed E-state index contributed by atoms with van der Waals surface area (Å²) in [6.45, 7) is 12.2. The van der Waals surface area contributed by atoms with E-state index >= 15 is 0 Å². The van der Waals surface area contributed by atoms with E-state index in [1.807, 2.05) is 12.1 Å². The summed E-state index contributed by atoms with van der Waals surface area (Å²) in [5, 5.41) is 4.64. The molecule has 4 atom stereocenters. The number of para-hydroxylation sites is 3. The number of rotatable bonds is 7. The van der Waals surface area contributed by atoms with Crippen LogP contribution in [0.2, 0.25) is 0 Å². The van der Waals surface area contributed by atoms with E-state index in [0.717, 1.165) is 44.1 Å². The Morgan fingerprint density at radius 3 is 1.89 bits per heavy atom. The molecular formula is C69H54O2. The highest BCUT2D eigenvalue weighted by molar-refractivity contribution is 6.12. The molecule has 4 unspecified atom stereocenters. The molecule has 342 valence electrons. The minimum Gasteiger partial charge on any atom is -0.456 e. The number of benzene rings is 9. The van der Waals surface area contributed by atoms with Crippen LogP contribution in [-0.4, -0.2) is 0 Å². The predicted molar refractivity (Wildman–Crippen MR) is 295 cm³/mol. The van der Waals surface area contributed by atoms with Crippen molar-refractivity contribution in [2.75, 3.05) is 0 Å². The van der Waals surface area contributed by atoms with Gasteiger partial charge in [-0.1, -0.05) is 222 Å². The number of hydrogen-bond acceptors (Lipinski definition) is 2. The van der Waals surface area contributed by atoms with Gasteiger partial charge in [-0.15, -0.1) is 0 Å². The summed E-state index contributed by atoms with van der Waals surface area (Å²) in [5.41, 5.74) is 23.2. The van der Waals surface area contributed by atoms with Crippen LogP contribution in [0.4, 0.5) is 0 Å². The van der Waals surface area contributed by atoms with Gasteiger partial charge in [0.05, 0.1) is 0 Å². The summed E-state index contributed by atoms with van der Waals surface area (Å²) in [4.78, 5) is 0. The molecule has 0 amide bonds. The minimum atomic E-state index is -0.153.